The zero-order valence-corrected chi connectivity index (χ0v) is 11.1. The zero-order chi connectivity index (χ0) is 12.0. The van der Waals surface area contributed by atoms with Gasteiger partial charge in [-0.3, -0.25) is 9.80 Å². The van der Waals surface area contributed by atoms with Crippen LogP contribution in [0.3, 0.4) is 0 Å². The Hall–Kier alpha value is -0.380. The van der Waals surface area contributed by atoms with Crippen molar-refractivity contribution in [2.45, 2.75) is 32.9 Å². The molecule has 0 aromatic heterocycles. The second-order valence-corrected chi connectivity index (χ2v) is 4.96. The first-order valence-electron chi connectivity index (χ1n) is 6.45. The van der Waals surface area contributed by atoms with Crippen molar-refractivity contribution in [3.05, 3.63) is 12.7 Å². The summed E-state index contributed by atoms with van der Waals surface area (Å²) in [6, 6.07) is 1.32. The van der Waals surface area contributed by atoms with E-state index >= 15 is 0 Å². The van der Waals surface area contributed by atoms with Crippen LogP contribution in [0.25, 0.3) is 0 Å². The molecule has 0 aromatic carbocycles. The largest absolute Gasteiger partial charge is 0.312 e. The lowest BCUT2D eigenvalue weighted by Gasteiger charge is -2.39. The van der Waals surface area contributed by atoms with Gasteiger partial charge < -0.3 is 5.32 Å². The van der Waals surface area contributed by atoms with Crippen molar-refractivity contribution < 1.29 is 0 Å². The Kier molecular flexibility index (Phi) is 6.03. The van der Waals surface area contributed by atoms with Crippen LogP contribution >= 0.6 is 0 Å². The van der Waals surface area contributed by atoms with E-state index in [1.165, 1.54) is 26.2 Å². The van der Waals surface area contributed by atoms with E-state index < -0.39 is 0 Å². The molecule has 0 amide bonds. The summed E-state index contributed by atoms with van der Waals surface area (Å²) in [5.41, 5.74) is 0. The summed E-state index contributed by atoms with van der Waals surface area (Å²) in [5.74, 6) is 0. The highest BCUT2D eigenvalue weighted by Crippen LogP contribution is 2.08. The third-order valence-corrected chi connectivity index (χ3v) is 3.43. The fourth-order valence-electron chi connectivity index (χ4n) is 2.22. The number of hydrogen-bond acceptors (Lipinski definition) is 3. The van der Waals surface area contributed by atoms with Crippen LogP contribution in [-0.4, -0.2) is 61.2 Å². The average molecular weight is 225 g/mol. The molecule has 3 nitrogen and oxygen atoms in total. The smallest absolute Gasteiger partial charge is 0.0193 e. The summed E-state index contributed by atoms with van der Waals surface area (Å²) >= 11 is 0. The van der Waals surface area contributed by atoms with Crippen LogP contribution < -0.4 is 5.32 Å². The summed E-state index contributed by atoms with van der Waals surface area (Å²) in [7, 11) is 0. The van der Waals surface area contributed by atoms with Gasteiger partial charge in [-0.15, -0.1) is 6.58 Å². The Labute approximate surface area is 100 Å². The van der Waals surface area contributed by atoms with E-state index in [9.17, 15) is 0 Å². The van der Waals surface area contributed by atoms with Gasteiger partial charge in [0.2, 0.25) is 0 Å². The van der Waals surface area contributed by atoms with E-state index in [1.807, 2.05) is 6.08 Å². The van der Waals surface area contributed by atoms with E-state index in [0.717, 1.165) is 13.1 Å². The molecule has 0 spiro atoms. The molecule has 1 atom stereocenters. The Morgan fingerprint density at radius 2 is 1.69 bits per heavy atom. The molecule has 1 fully saturated rings. The van der Waals surface area contributed by atoms with Gasteiger partial charge >= 0.3 is 0 Å². The van der Waals surface area contributed by atoms with Crippen molar-refractivity contribution in [2.24, 2.45) is 0 Å². The van der Waals surface area contributed by atoms with Crippen molar-refractivity contribution in [3.8, 4) is 0 Å². The molecule has 0 aromatic rings. The topological polar surface area (TPSA) is 18.5 Å². The molecular weight excluding hydrogens is 198 g/mol. The monoisotopic (exact) mass is 225 g/mol. The third kappa shape index (κ3) is 4.24. The van der Waals surface area contributed by atoms with Crippen molar-refractivity contribution in [1.29, 1.82) is 0 Å². The van der Waals surface area contributed by atoms with Crippen LogP contribution in [0.5, 0.6) is 0 Å². The molecule has 1 unspecified atom stereocenters. The molecule has 1 aliphatic rings. The SMILES string of the molecule is C=CCNCC(C)N1CCN(C(C)C)CC1. The molecule has 1 saturated heterocycles. The van der Waals surface area contributed by atoms with E-state index in [1.54, 1.807) is 0 Å². The quantitative estimate of drug-likeness (QED) is 0.541. The van der Waals surface area contributed by atoms with Crippen LogP contribution in [0.4, 0.5) is 0 Å². The maximum Gasteiger partial charge on any atom is 0.0193 e. The predicted octanol–water partition coefficient (Wildman–Crippen LogP) is 1.18. The maximum atomic E-state index is 3.72. The van der Waals surface area contributed by atoms with Gasteiger partial charge in [-0.1, -0.05) is 6.08 Å². The molecular formula is C13H27N3. The second kappa shape index (κ2) is 7.05. The number of rotatable bonds is 6. The minimum atomic E-state index is 0.634. The molecule has 3 heteroatoms. The van der Waals surface area contributed by atoms with Gasteiger partial charge in [-0.25, -0.2) is 0 Å². The lowest BCUT2D eigenvalue weighted by Crippen LogP contribution is -2.53. The third-order valence-electron chi connectivity index (χ3n) is 3.43. The van der Waals surface area contributed by atoms with Crippen LogP contribution in [-0.2, 0) is 0 Å². The summed E-state index contributed by atoms with van der Waals surface area (Å²) in [5, 5.41) is 3.39. The lowest BCUT2D eigenvalue weighted by atomic mass is 10.2. The average Bonchev–Trinajstić information content (AvgIpc) is 2.29. The molecule has 0 aliphatic carbocycles. The van der Waals surface area contributed by atoms with Gasteiger partial charge in [0.15, 0.2) is 0 Å². The predicted molar refractivity (Wildman–Crippen MR) is 70.8 cm³/mol. The van der Waals surface area contributed by atoms with Crippen molar-refractivity contribution in [3.63, 3.8) is 0 Å². The maximum absolute atomic E-state index is 3.72. The van der Waals surface area contributed by atoms with Crippen LogP contribution in [0.1, 0.15) is 20.8 Å². The number of hydrogen-bond donors (Lipinski definition) is 1. The van der Waals surface area contributed by atoms with E-state index in [-0.39, 0.29) is 0 Å². The highest BCUT2D eigenvalue weighted by atomic mass is 15.3. The normalized spacial score (nSPS) is 21.2. The van der Waals surface area contributed by atoms with Gasteiger partial charge in [-0.2, -0.15) is 0 Å². The Bertz CT molecular complexity index is 195. The highest BCUT2D eigenvalue weighted by molar-refractivity contribution is 4.80. The van der Waals surface area contributed by atoms with Gasteiger partial charge in [0.1, 0.15) is 0 Å². The first-order chi connectivity index (χ1) is 7.65. The minimum absolute atomic E-state index is 0.634. The van der Waals surface area contributed by atoms with E-state index in [0.29, 0.717) is 12.1 Å². The van der Waals surface area contributed by atoms with Gasteiger partial charge in [0, 0.05) is 51.4 Å². The summed E-state index contributed by atoms with van der Waals surface area (Å²) in [6.45, 7) is 17.4. The van der Waals surface area contributed by atoms with Crippen molar-refractivity contribution in [2.75, 3.05) is 39.3 Å². The van der Waals surface area contributed by atoms with Gasteiger partial charge in [0.25, 0.3) is 0 Å². The first-order valence-corrected chi connectivity index (χ1v) is 6.45. The molecule has 0 bridgehead atoms. The molecule has 1 N–H and O–H groups in total. The van der Waals surface area contributed by atoms with Crippen molar-refractivity contribution in [1.82, 2.24) is 15.1 Å². The van der Waals surface area contributed by atoms with Gasteiger partial charge in [0.05, 0.1) is 0 Å². The van der Waals surface area contributed by atoms with Crippen LogP contribution in [0, 0.1) is 0 Å². The highest BCUT2D eigenvalue weighted by Gasteiger charge is 2.21. The molecule has 0 radical (unpaired) electrons. The van der Waals surface area contributed by atoms with Crippen LogP contribution in [0.15, 0.2) is 12.7 Å². The molecule has 1 aliphatic heterocycles. The molecule has 1 heterocycles. The number of nitrogens with zero attached hydrogens (tertiary/aromatic N) is 2. The van der Waals surface area contributed by atoms with Crippen LogP contribution in [0.2, 0.25) is 0 Å². The fraction of sp³-hybridized carbons (Fsp3) is 0.846. The zero-order valence-electron chi connectivity index (χ0n) is 11.1. The summed E-state index contributed by atoms with van der Waals surface area (Å²) in [6.07, 6.45) is 1.92. The van der Waals surface area contributed by atoms with E-state index in [4.69, 9.17) is 0 Å². The number of piperazine rings is 1. The summed E-state index contributed by atoms with van der Waals surface area (Å²) < 4.78 is 0. The fourth-order valence-corrected chi connectivity index (χ4v) is 2.22. The molecule has 94 valence electrons. The van der Waals surface area contributed by atoms with E-state index in [2.05, 4.69) is 42.5 Å². The Morgan fingerprint density at radius 1 is 1.12 bits per heavy atom. The molecule has 16 heavy (non-hydrogen) atoms. The Balaban J connectivity index is 2.22. The summed E-state index contributed by atoms with van der Waals surface area (Å²) in [4.78, 5) is 5.13. The molecule has 1 rings (SSSR count). The van der Waals surface area contributed by atoms with Crippen molar-refractivity contribution >= 4 is 0 Å². The van der Waals surface area contributed by atoms with Gasteiger partial charge in [-0.05, 0) is 20.8 Å². The molecule has 0 saturated carbocycles. The lowest BCUT2D eigenvalue weighted by molar-refractivity contribution is 0.0834. The number of nitrogens with one attached hydrogen (secondary N) is 1. The standard InChI is InChI=1S/C13H27N3/c1-5-6-14-11-13(4)16-9-7-15(8-10-16)12(2)3/h5,12-14H,1,6-11H2,2-4H3. The first kappa shape index (κ1) is 13.7. The Morgan fingerprint density at radius 3 is 2.19 bits per heavy atom. The minimum Gasteiger partial charge on any atom is -0.312 e. The second-order valence-electron chi connectivity index (χ2n) is 4.96.